The third-order valence-corrected chi connectivity index (χ3v) is 5.32. The van der Waals surface area contributed by atoms with Crippen LogP contribution < -0.4 is 10.2 Å². The van der Waals surface area contributed by atoms with Gasteiger partial charge in [0.25, 0.3) is 5.91 Å². The van der Waals surface area contributed by atoms with Crippen LogP contribution in [0.4, 0.5) is 17.5 Å². The molecule has 0 unspecified atom stereocenters. The number of hydrogen-bond donors (Lipinski definition) is 1. The van der Waals surface area contributed by atoms with E-state index in [4.69, 9.17) is 11.6 Å². The smallest absolute Gasteiger partial charge is 0.255 e. The minimum absolute atomic E-state index is 0.0352. The number of nitrogens with one attached hydrogen (secondary N) is 1. The summed E-state index contributed by atoms with van der Waals surface area (Å²) in [6, 6.07) is 13.0. The van der Waals surface area contributed by atoms with E-state index < -0.39 is 0 Å². The van der Waals surface area contributed by atoms with Crippen LogP contribution >= 0.6 is 11.6 Å². The lowest BCUT2D eigenvalue weighted by Gasteiger charge is -2.35. The van der Waals surface area contributed by atoms with Crippen LogP contribution in [0.3, 0.4) is 0 Å². The molecule has 1 saturated heterocycles. The summed E-state index contributed by atoms with van der Waals surface area (Å²) in [4.78, 5) is 30.2. The number of aryl methyl sites for hydroxylation is 2. The Labute approximate surface area is 180 Å². The molecule has 3 aromatic rings. The van der Waals surface area contributed by atoms with Gasteiger partial charge in [-0.25, -0.2) is 15.0 Å². The Balaban J connectivity index is 1.45. The Morgan fingerprint density at radius 1 is 1.00 bits per heavy atom. The van der Waals surface area contributed by atoms with Crippen molar-refractivity contribution >= 4 is 35.0 Å². The molecule has 0 saturated carbocycles. The monoisotopic (exact) mass is 422 g/mol. The molecule has 0 radical (unpaired) electrons. The number of rotatable bonds is 4. The molecule has 1 aliphatic heterocycles. The first-order valence-corrected chi connectivity index (χ1v) is 10.2. The summed E-state index contributed by atoms with van der Waals surface area (Å²) in [5.74, 6) is 2.92. The quantitative estimate of drug-likeness (QED) is 0.688. The number of nitrogens with zero attached hydrogens (tertiary/aromatic N) is 5. The first-order chi connectivity index (χ1) is 14.5. The first kappa shape index (κ1) is 20.1. The Bertz CT molecular complexity index is 1060. The molecule has 0 bridgehead atoms. The number of carbonyl (C=O) groups is 1. The molecule has 3 heterocycles. The van der Waals surface area contributed by atoms with Crippen molar-refractivity contribution in [2.24, 2.45) is 0 Å². The van der Waals surface area contributed by atoms with Gasteiger partial charge < -0.3 is 15.1 Å². The maximum atomic E-state index is 12.8. The van der Waals surface area contributed by atoms with Crippen molar-refractivity contribution in [2.75, 3.05) is 36.4 Å². The highest BCUT2D eigenvalue weighted by atomic mass is 35.5. The fraction of sp³-hybridized carbons (Fsp3) is 0.273. The summed E-state index contributed by atoms with van der Waals surface area (Å²) in [6.45, 7) is 6.48. The van der Waals surface area contributed by atoms with Gasteiger partial charge >= 0.3 is 0 Å². The summed E-state index contributed by atoms with van der Waals surface area (Å²) in [7, 11) is 0. The van der Waals surface area contributed by atoms with Crippen molar-refractivity contribution in [1.29, 1.82) is 0 Å². The Hall–Kier alpha value is -3.19. The fourth-order valence-electron chi connectivity index (χ4n) is 3.46. The number of hydrogen-bond acceptors (Lipinski definition) is 6. The first-order valence-electron chi connectivity index (χ1n) is 9.84. The van der Waals surface area contributed by atoms with Crippen LogP contribution in [0.5, 0.6) is 0 Å². The number of aromatic nitrogens is 3. The molecule has 7 nitrogen and oxygen atoms in total. The molecule has 30 heavy (non-hydrogen) atoms. The van der Waals surface area contributed by atoms with E-state index in [-0.39, 0.29) is 5.91 Å². The van der Waals surface area contributed by atoms with E-state index in [2.05, 4.69) is 25.2 Å². The van der Waals surface area contributed by atoms with Gasteiger partial charge in [-0.15, -0.1) is 0 Å². The van der Waals surface area contributed by atoms with Crippen molar-refractivity contribution < 1.29 is 4.79 Å². The fourth-order valence-corrected chi connectivity index (χ4v) is 3.67. The number of anilines is 3. The van der Waals surface area contributed by atoms with Crippen molar-refractivity contribution in [3.63, 3.8) is 0 Å². The van der Waals surface area contributed by atoms with Crippen LogP contribution in [-0.2, 0) is 0 Å². The zero-order valence-electron chi connectivity index (χ0n) is 17.0. The van der Waals surface area contributed by atoms with Crippen LogP contribution in [0.25, 0.3) is 0 Å². The van der Waals surface area contributed by atoms with Gasteiger partial charge in [0.15, 0.2) is 0 Å². The van der Waals surface area contributed by atoms with E-state index in [1.54, 1.807) is 18.3 Å². The minimum Gasteiger partial charge on any atom is -0.353 e. The molecule has 1 aliphatic rings. The van der Waals surface area contributed by atoms with Gasteiger partial charge in [0.05, 0.1) is 10.6 Å². The summed E-state index contributed by atoms with van der Waals surface area (Å²) in [5.41, 5.74) is 1.67. The third-order valence-electron chi connectivity index (χ3n) is 4.99. The van der Waals surface area contributed by atoms with Gasteiger partial charge in [0.1, 0.15) is 23.3 Å². The van der Waals surface area contributed by atoms with Gasteiger partial charge in [-0.2, -0.15) is 0 Å². The molecule has 0 aliphatic carbocycles. The maximum Gasteiger partial charge on any atom is 0.255 e. The molecule has 1 N–H and O–H groups in total. The highest BCUT2D eigenvalue weighted by molar-refractivity contribution is 6.33. The molecule has 0 atom stereocenters. The van der Waals surface area contributed by atoms with Crippen LogP contribution in [0.1, 0.15) is 21.7 Å². The Kier molecular flexibility index (Phi) is 5.81. The van der Waals surface area contributed by atoms with E-state index in [1.165, 1.54) is 0 Å². The second kappa shape index (κ2) is 8.67. The predicted octanol–water partition coefficient (Wildman–Crippen LogP) is 3.85. The van der Waals surface area contributed by atoms with Crippen molar-refractivity contribution in [3.8, 4) is 0 Å². The van der Waals surface area contributed by atoms with Crippen molar-refractivity contribution in [2.45, 2.75) is 13.8 Å². The Morgan fingerprint density at radius 2 is 1.77 bits per heavy atom. The van der Waals surface area contributed by atoms with Gasteiger partial charge in [-0.3, -0.25) is 4.79 Å². The largest absolute Gasteiger partial charge is 0.353 e. The molecule has 154 valence electrons. The van der Waals surface area contributed by atoms with Crippen LogP contribution in [0.2, 0.25) is 5.02 Å². The molecule has 1 amide bonds. The number of halogens is 1. The molecule has 8 heteroatoms. The number of amides is 1. The van der Waals surface area contributed by atoms with E-state index in [0.717, 1.165) is 17.2 Å². The normalized spacial score (nSPS) is 14.0. The molecule has 1 aromatic carbocycles. The molecular formula is C22H23ClN6O. The average molecular weight is 423 g/mol. The summed E-state index contributed by atoms with van der Waals surface area (Å²) >= 11 is 6.19. The molecule has 0 spiro atoms. The van der Waals surface area contributed by atoms with Crippen LogP contribution in [0.15, 0.2) is 48.7 Å². The topological polar surface area (TPSA) is 74.2 Å². The molecular weight excluding hydrogens is 400 g/mol. The molecule has 1 fully saturated rings. The zero-order valence-corrected chi connectivity index (χ0v) is 17.7. The van der Waals surface area contributed by atoms with Crippen molar-refractivity contribution in [3.05, 3.63) is 70.6 Å². The molecule has 2 aromatic heterocycles. The van der Waals surface area contributed by atoms with Crippen LogP contribution in [-0.4, -0.2) is 51.9 Å². The summed E-state index contributed by atoms with van der Waals surface area (Å²) < 4.78 is 0. The number of piperazine rings is 1. The van der Waals surface area contributed by atoms with E-state index >= 15 is 0 Å². The van der Waals surface area contributed by atoms with E-state index in [1.807, 2.05) is 49.1 Å². The summed E-state index contributed by atoms with van der Waals surface area (Å²) in [5, 5.41) is 3.73. The lowest BCUT2D eigenvalue weighted by Crippen LogP contribution is -2.49. The second-order valence-corrected chi connectivity index (χ2v) is 7.67. The van der Waals surface area contributed by atoms with E-state index in [0.29, 0.717) is 48.4 Å². The van der Waals surface area contributed by atoms with Gasteiger partial charge in [-0.05, 0) is 43.7 Å². The third kappa shape index (κ3) is 4.52. The standard InChI is InChI=1S/C22H23ClN6O/c1-15-7-8-24-19(13-15)27-20-14-21(26-16(2)25-20)28-9-11-29(12-10-28)22(30)17-5-3-4-6-18(17)23/h3-8,13-14H,9-12H2,1-2H3,(H,24,25,26,27). The van der Waals surface area contributed by atoms with Gasteiger partial charge in [0, 0.05) is 38.4 Å². The van der Waals surface area contributed by atoms with Gasteiger partial charge in [-0.1, -0.05) is 23.7 Å². The minimum atomic E-state index is -0.0352. The van der Waals surface area contributed by atoms with E-state index in [9.17, 15) is 4.79 Å². The average Bonchev–Trinajstić information content (AvgIpc) is 2.73. The number of benzene rings is 1. The van der Waals surface area contributed by atoms with Gasteiger partial charge in [0.2, 0.25) is 0 Å². The summed E-state index contributed by atoms with van der Waals surface area (Å²) in [6.07, 6.45) is 1.77. The predicted molar refractivity (Wildman–Crippen MR) is 119 cm³/mol. The lowest BCUT2D eigenvalue weighted by atomic mass is 10.2. The zero-order chi connectivity index (χ0) is 21.1. The maximum absolute atomic E-state index is 12.8. The SMILES string of the molecule is Cc1ccnc(Nc2cc(N3CCN(C(=O)c4ccccc4Cl)CC3)nc(C)n2)c1. The second-order valence-electron chi connectivity index (χ2n) is 7.26. The van der Waals surface area contributed by atoms with Crippen LogP contribution in [0, 0.1) is 13.8 Å². The highest BCUT2D eigenvalue weighted by Crippen LogP contribution is 2.22. The molecule has 4 rings (SSSR count). The lowest BCUT2D eigenvalue weighted by molar-refractivity contribution is 0.0746. The number of pyridine rings is 1. The Morgan fingerprint density at radius 3 is 2.50 bits per heavy atom. The van der Waals surface area contributed by atoms with Crippen molar-refractivity contribution in [1.82, 2.24) is 19.9 Å². The number of carbonyl (C=O) groups excluding carboxylic acids is 1. The highest BCUT2D eigenvalue weighted by Gasteiger charge is 2.24.